The molecule has 0 aliphatic carbocycles. The predicted octanol–water partition coefficient (Wildman–Crippen LogP) is -0.106. The van der Waals surface area contributed by atoms with Gasteiger partial charge in [-0.1, -0.05) is 0 Å². The maximum absolute atomic E-state index is 4.17. The van der Waals surface area contributed by atoms with Gasteiger partial charge in [0.1, 0.15) is 12.5 Å². The Labute approximate surface area is 75.2 Å². The Hall–Kier alpha value is -1.72. The second kappa shape index (κ2) is 2.96. The van der Waals surface area contributed by atoms with Gasteiger partial charge in [-0.15, -0.1) is 10.2 Å². The summed E-state index contributed by atoms with van der Waals surface area (Å²) in [5.41, 5.74) is 0.578. The highest BCUT2D eigenvalue weighted by Crippen LogP contribution is 2.07. The fraction of sp³-hybridized carbons (Fsp3) is 0.429. The summed E-state index contributed by atoms with van der Waals surface area (Å²) in [6, 6.07) is 0. The quantitative estimate of drug-likeness (QED) is 0.642. The molecule has 2 aromatic rings. The fourth-order valence-electron chi connectivity index (χ4n) is 0.959. The van der Waals surface area contributed by atoms with E-state index in [0.717, 1.165) is 6.54 Å². The molecule has 6 heteroatoms. The zero-order valence-electron chi connectivity index (χ0n) is 7.47. The maximum Gasteiger partial charge on any atom is 0.204 e. The van der Waals surface area contributed by atoms with Gasteiger partial charge in [0.25, 0.3) is 0 Å². The van der Waals surface area contributed by atoms with E-state index in [1.54, 1.807) is 18.1 Å². The summed E-state index contributed by atoms with van der Waals surface area (Å²) in [5, 5.41) is 12.0. The first-order chi connectivity index (χ1) is 6.29. The molecule has 0 aliphatic heterocycles. The summed E-state index contributed by atoms with van der Waals surface area (Å²) in [6.45, 7) is 2.80. The van der Waals surface area contributed by atoms with E-state index in [4.69, 9.17) is 0 Å². The molecule has 13 heavy (non-hydrogen) atoms. The van der Waals surface area contributed by atoms with Crippen LogP contribution in [0.5, 0.6) is 0 Å². The molecule has 2 rings (SSSR count). The summed E-state index contributed by atoms with van der Waals surface area (Å²) >= 11 is 0. The minimum Gasteiger partial charge on any atom is -0.253 e. The lowest BCUT2D eigenvalue weighted by molar-refractivity contribution is 0.649. The smallest absolute Gasteiger partial charge is 0.204 e. The lowest BCUT2D eigenvalue weighted by atomic mass is 10.5. The van der Waals surface area contributed by atoms with Crippen LogP contribution in [0.2, 0.25) is 0 Å². The van der Waals surface area contributed by atoms with Gasteiger partial charge in [0, 0.05) is 13.6 Å². The summed E-state index contributed by atoms with van der Waals surface area (Å²) in [7, 11) is 1.73. The highest BCUT2D eigenvalue weighted by Gasteiger charge is 2.07. The topological polar surface area (TPSA) is 61.4 Å². The van der Waals surface area contributed by atoms with E-state index in [-0.39, 0.29) is 0 Å². The molecule has 0 spiro atoms. The van der Waals surface area contributed by atoms with Gasteiger partial charge in [-0.25, -0.2) is 4.98 Å². The molecule has 0 aromatic carbocycles. The molecule has 0 N–H and O–H groups in total. The molecule has 1 radical (unpaired) electrons. The van der Waals surface area contributed by atoms with Crippen molar-refractivity contribution in [3.05, 3.63) is 12.5 Å². The lowest BCUT2D eigenvalue weighted by Gasteiger charge is -1.88. The average Bonchev–Trinajstić information content (AvgIpc) is 2.71. The molecule has 0 bridgehead atoms. The maximum atomic E-state index is 4.17. The van der Waals surface area contributed by atoms with Crippen LogP contribution in [0.4, 0.5) is 0 Å². The van der Waals surface area contributed by atoms with Crippen LogP contribution in [0, 0.1) is 6.20 Å². The number of hydrogen-bond donors (Lipinski definition) is 0. The van der Waals surface area contributed by atoms with Gasteiger partial charge in [-0.3, -0.25) is 4.68 Å². The SMILES string of the molecule is CCn1cnc(-c2[c]nn(C)n2)n1. The average molecular weight is 177 g/mol. The van der Waals surface area contributed by atoms with E-state index in [9.17, 15) is 0 Å². The van der Waals surface area contributed by atoms with Crippen molar-refractivity contribution in [1.82, 2.24) is 29.8 Å². The zero-order chi connectivity index (χ0) is 9.26. The Morgan fingerprint density at radius 1 is 1.46 bits per heavy atom. The van der Waals surface area contributed by atoms with E-state index in [1.807, 2.05) is 6.92 Å². The van der Waals surface area contributed by atoms with Gasteiger partial charge in [-0.2, -0.15) is 9.90 Å². The van der Waals surface area contributed by atoms with Crippen molar-refractivity contribution in [3.8, 4) is 11.5 Å². The van der Waals surface area contributed by atoms with Gasteiger partial charge < -0.3 is 0 Å². The van der Waals surface area contributed by atoms with Crippen LogP contribution in [-0.4, -0.2) is 29.8 Å². The largest absolute Gasteiger partial charge is 0.253 e. The first kappa shape index (κ1) is 7.90. The highest BCUT2D eigenvalue weighted by molar-refractivity contribution is 5.43. The van der Waals surface area contributed by atoms with Crippen molar-refractivity contribution >= 4 is 0 Å². The monoisotopic (exact) mass is 177 g/mol. The Bertz CT molecular complexity index is 401. The summed E-state index contributed by atoms with van der Waals surface area (Å²) < 4.78 is 1.73. The third-order valence-electron chi connectivity index (χ3n) is 1.62. The van der Waals surface area contributed by atoms with Gasteiger partial charge in [0.2, 0.25) is 5.82 Å². The molecular weight excluding hydrogens is 168 g/mol. The Morgan fingerprint density at radius 2 is 2.31 bits per heavy atom. The van der Waals surface area contributed by atoms with Crippen LogP contribution in [0.25, 0.3) is 11.5 Å². The van der Waals surface area contributed by atoms with Crippen molar-refractivity contribution in [2.75, 3.05) is 0 Å². The minimum absolute atomic E-state index is 0.565. The van der Waals surface area contributed by atoms with Crippen LogP contribution >= 0.6 is 0 Å². The molecule has 67 valence electrons. The van der Waals surface area contributed by atoms with Crippen LogP contribution in [0.15, 0.2) is 6.33 Å². The van der Waals surface area contributed by atoms with E-state index in [2.05, 4.69) is 26.5 Å². The number of aromatic nitrogens is 6. The Morgan fingerprint density at radius 3 is 2.85 bits per heavy atom. The molecule has 0 unspecified atom stereocenters. The van der Waals surface area contributed by atoms with E-state index >= 15 is 0 Å². The normalized spacial score (nSPS) is 10.6. The van der Waals surface area contributed by atoms with Crippen molar-refractivity contribution in [2.24, 2.45) is 7.05 Å². The molecule has 0 fully saturated rings. The minimum atomic E-state index is 0.565. The summed E-state index contributed by atoms with van der Waals surface area (Å²) in [6.07, 6.45) is 4.39. The van der Waals surface area contributed by atoms with Crippen molar-refractivity contribution in [2.45, 2.75) is 13.5 Å². The Balaban J connectivity index is 2.35. The molecule has 0 saturated carbocycles. The van der Waals surface area contributed by atoms with E-state index < -0.39 is 0 Å². The number of rotatable bonds is 2. The highest BCUT2D eigenvalue weighted by atomic mass is 15.5. The van der Waals surface area contributed by atoms with Crippen molar-refractivity contribution in [1.29, 1.82) is 0 Å². The van der Waals surface area contributed by atoms with Gasteiger partial charge in [0.15, 0.2) is 5.69 Å². The molecule has 6 nitrogen and oxygen atoms in total. The third kappa shape index (κ3) is 1.42. The standard InChI is InChI=1S/C7H9N6/c1-3-13-5-8-7(11-13)6-4-9-12(2)10-6/h5H,3H2,1-2H3. The van der Waals surface area contributed by atoms with Crippen molar-refractivity contribution < 1.29 is 0 Å². The second-order valence-corrected chi connectivity index (χ2v) is 2.57. The molecular formula is C7H9N6. The number of aryl methyl sites for hydroxylation is 2. The first-order valence-corrected chi connectivity index (χ1v) is 3.98. The van der Waals surface area contributed by atoms with Crippen LogP contribution in [0.1, 0.15) is 6.92 Å². The zero-order valence-corrected chi connectivity index (χ0v) is 7.47. The van der Waals surface area contributed by atoms with Crippen LogP contribution in [-0.2, 0) is 13.6 Å². The van der Waals surface area contributed by atoms with Gasteiger partial charge in [-0.05, 0) is 6.92 Å². The molecule has 2 heterocycles. The number of hydrogen-bond acceptors (Lipinski definition) is 4. The lowest BCUT2D eigenvalue weighted by Crippen LogP contribution is -1.95. The van der Waals surface area contributed by atoms with Crippen LogP contribution in [0.3, 0.4) is 0 Å². The van der Waals surface area contributed by atoms with Gasteiger partial charge >= 0.3 is 0 Å². The molecule has 0 aliphatic rings. The summed E-state index contributed by atoms with van der Waals surface area (Å²) in [4.78, 5) is 5.51. The first-order valence-electron chi connectivity index (χ1n) is 3.98. The third-order valence-corrected chi connectivity index (χ3v) is 1.62. The second-order valence-electron chi connectivity index (χ2n) is 2.57. The molecule has 0 amide bonds. The van der Waals surface area contributed by atoms with E-state index in [0.29, 0.717) is 11.5 Å². The van der Waals surface area contributed by atoms with Crippen molar-refractivity contribution in [3.63, 3.8) is 0 Å². The molecule has 0 saturated heterocycles. The fourth-order valence-corrected chi connectivity index (χ4v) is 0.959. The Kier molecular flexibility index (Phi) is 1.80. The molecule has 2 aromatic heterocycles. The van der Waals surface area contributed by atoms with Crippen LogP contribution < -0.4 is 0 Å². The summed E-state index contributed by atoms with van der Waals surface area (Å²) in [5.74, 6) is 0.565. The number of nitrogens with zero attached hydrogens (tertiary/aromatic N) is 6. The predicted molar refractivity (Wildman–Crippen MR) is 44.5 cm³/mol. The van der Waals surface area contributed by atoms with Gasteiger partial charge in [0.05, 0.1) is 0 Å². The molecule has 0 atom stereocenters. The van der Waals surface area contributed by atoms with E-state index in [1.165, 1.54) is 4.80 Å².